The number of allylic oxidation sites excluding steroid dienone is 5. The highest BCUT2D eigenvalue weighted by Gasteiger charge is 2.31. The van der Waals surface area contributed by atoms with E-state index in [1.165, 1.54) is 43.9 Å². The van der Waals surface area contributed by atoms with Crippen molar-refractivity contribution in [1.29, 1.82) is 0 Å². The molecular weight excluding hydrogens is 562 g/mol. The Morgan fingerprint density at radius 2 is 2.09 bits per heavy atom. The van der Waals surface area contributed by atoms with Gasteiger partial charge in [-0.2, -0.15) is 0 Å². The summed E-state index contributed by atoms with van der Waals surface area (Å²) in [5.74, 6) is 2.19. The SMILES string of the molecule is C=C/N=C1/C=C(OCCCN2CCCC2)C(OC)=C/C1=C(/N)NC1=CC2SC(NC(=O)NC3C=CCC(C)C3)=NC2C=C1. The number of hydrogen-bond acceptors (Lipinski definition) is 9. The fourth-order valence-corrected chi connectivity index (χ4v) is 6.83. The molecule has 0 saturated carbocycles. The molecule has 2 amide bonds. The van der Waals surface area contributed by atoms with Gasteiger partial charge >= 0.3 is 6.03 Å². The maximum atomic E-state index is 12.6. The minimum atomic E-state index is -0.232. The van der Waals surface area contributed by atoms with Crippen molar-refractivity contribution in [2.24, 2.45) is 21.6 Å². The number of likely N-dealkylation sites (tertiary alicyclic amines) is 1. The lowest BCUT2D eigenvalue weighted by atomic mass is 9.93. The third kappa shape index (κ3) is 8.23. The predicted molar refractivity (Wildman–Crippen MR) is 174 cm³/mol. The van der Waals surface area contributed by atoms with E-state index in [4.69, 9.17) is 15.2 Å². The summed E-state index contributed by atoms with van der Waals surface area (Å²) in [7, 11) is 1.62. The molecule has 10 nitrogen and oxygen atoms in total. The van der Waals surface area contributed by atoms with Gasteiger partial charge in [-0.1, -0.05) is 43.5 Å². The monoisotopic (exact) mass is 605 g/mol. The molecule has 11 heteroatoms. The molecule has 0 bridgehead atoms. The predicted octanol–water partition coefficient (Wildman–Crippen LogP) is 4.21. The van der Waals surface area contributed by atoms with E-state index < -0.39 is 0 Å². The van der Waals surface area contributed by atoms with Crippen LogP contribution in [0.3, 0.4) is 0 Å². The number of nitrogens with one attached hydrogen (secondary N) is 3. The highest BCUT2D eigenvalue weighted by molar-refractivity contribution is 8.14. The molecule has 1 fully saturated rings. The minimum absolute atomic E-state index is 0.0356. The number of ether oxygens (including phenoxy) is 2. The molecule has 0 aromatic heterocycles. The molecule has 0 radical (unpaired) electrons. The second-order valence-electron chi connectivity index (χ2n) is 11.3. The number of hydrogen-bond donors (Lipinski definition) is 4. The number of fused-ring (bicyclic) bond motifs is 1. The Morgan fingerprint density at radius 1 is 1.26 bits per heavy atom. The van der Waals surface area contributed by atoms with Gasteiger partial charge < -0.3 is 30.7 Å². The molecule has 4 atom stereocenters. The summed E-state index contributed by atoms with van der Waals surface area (Å²) < 4.78 is 11.8. The van der Waals surface area contributed by atoms with E-state index in [1.54, 1.807) is 7.11 Å². The number of nitrogens with zero attached hydrogens (tertiary/aromatic N) is 3. The molecule has 3 aliphatic carbocycles. The van der Waals surface area contributed by atoms with E-state index in [0.717, 1.165) is 31.5 Å². The standard InChI is InChI=1S/C32H43N7O3S/c1-4-34-26-20-28(42-16-8-15-39-13-5-6-14-39)27(41-3)19-24(26)30(33)35-23-11-12-25-29(18-23)43-32(37-25)38-31(40)36-22-10-7-9-21(2)17-22/h4,7,10-12,18-22,25,29,35H,1,5-6,8-9,13-17,33H2,2-3H3,(H2,36,37,38,40)/b30-24+,34-26-. The first-order valence-corrected chi connectivity index (χ1v) is 16.0. The zero-order chi connectivity index (χ0) is 30.2. The van der Waals surface area contributed by atoms with Crippen LogP contribution < -0.4 is 21.7 Å². The lowest BCUT2D eigenvalue weighted by Gasteiger charge is -2.22. The summed E-state index contributed by atoms with van der Waals surface area (Å²) in [4.78, 5) is 24.2. The summed E-state index contributed by atoms with van der Waals surface area (Å²) in [6, 6.07) is -0.247. The van der Waals surface area contributed by atoms with Gasteiger partial charge in [0, 0.05) is 36.1 Å². The summed E-state index contributed by atoms with van der Waals surface area (Å²) in [5, 5.41) is 9.90. The van der Waals surface area contributed by atoms with E-state index in [1.807, 2.05) is 24.3 Å². The Bertz CT molecular complexity index is 1320. The van der Waals surface area contributed by atoms with Gasteiger partial charge in [0.1, 0.15) is 5.82 Å². The van der Waals surface area contributed by atoms with Crippen molar-refractivity contribution >= 4 is 28.7 Å². The fourth-order valence-electron chi connectivity index (χ4n) is 5.74. The van der Waals surface area contributed by atoms with Gasteiger partial charge in [-0.15, -0.1) is 0 Å². The summed E-state index contributed by atoms with van der Waals surface area (Å²) in [6.07, 6.45) is 20.9. The van der Waals surface area contributed by atoms with Crippen molar-refractivity contribution in [1.82, 2.24) is 20.9 Å². The molecular formula is C32H43N7O3S. The van der Waals surface area contributed by atoms with Crippen molar-refractivity contribution in [2.75, 3.05) is 33.4 Å². The van der Waals surface area contributed by atoms with Crippen LogP contribution in [0.25, 0.3) is 0 Å². The number of amides is 2. The zero-order valence-electron chi connectivity index (χ0n) is 25.1. The summed E-state index contributed by atoms with van der Waals surface area (Å²) in [6.45, 7) is 9.94. The van der Waals surface area contributed by atoms with Crippen LogP contribution in [0, 0.1) is 5.92 Å². The lowest BCUT2D eigenvalue weighted by Crippen LogP contribution is -2.44. The van der Waals surface area contributed by atoms with Crippen molar-refractivity contribution in [3.8, 4) is 0 Å². The highest BCUT2D eigenvalue weighted by atomic mass is 32.2. The van der Waals surface area contributed by atoms with Gasteiger partial charge in [0.2, 0.25) is 0 Å². The molecule has 5 N–H and O–H groups in total. The maximum Gasteiger partial charge on any atom is 0.321 e. The van der Waals surface area contributed by atoms with Crippen LogP contribution in [0.15, 0.2) is 93.9 Å². The van der Waals surface area contributed by atoms with Gasteiger partial charge in [-0.05, 0) is 69.3 Å². The molecule has 4 unspecified atom stereocenters. The number of rotatable bonds is 10. The molecule has 0 aromatic rings. The first-order chi connectivity index (χ1) is 20.9. The van der Waals surface area contributed by atoms with Crippen LogP contribution in [0.4, 0.5) is 4.79 Å². The van der Waals surface area contributed by atoms with Crippen LogP contribution >= 0.6 is 11.8 Å². The lowest BCUT2D eigenvalue weighted by molar-refractivity contribution is 0.164. The van der Waals surface area contributed by atoms with Crippen LogP contribution in [0.2, 0.25) is 0 Å². The van der Waals surface area contributed by atoms with Gasteiger partial charge in [-0.3, -0.25) is 15.3 Å². The van der Waals surface area contributed by atoms with Gasteiger partial charge in [0.25, 0.3) is 0 Å². The number of amidine groups is 1. The summed E-state index contributed by atoms with van der Waals surface area (Å²) >= 11 is 1.52. The Morgan fingerprint density at radius 3 is 2.86 bits per heavy atom. The van der Waals surface area contributed by atoms with E-state index in [9.17, 15) is 4.79 Å². The topological polar surface area (TPSA) is 126 Å². The first kappa shape index (κ1) is 30.7. The number of urea groups is 1. The van der Waals surface area contributed by atoms with E-state index in [-0.39, 0.29) is 23.4 Å². The Kier molecular flexibility index (Phi) is 10.5. The zero-order valence-corrected chi connectivity index (χ0v) is 25.9. The van der Waals surface area contributed by atoms with E-state index in [0.29, 0.717) is 46.3 Å². The Labute approximate surface area is 258 Å². The third-order valence-electron chi connectivity index (χ3n) is 7.92. The Hall–Kier alpha value is -3.70. The Balaban J connectivity index is 1.18. The molecule has 0 spiro atoms. The number of aliphatic imine (C=N–C) groups is 2. The molecule has 1 saturated heterocycles. The fraction of sp³-hybridized carbons (Fsp3) is 0.469. The second kappa shape index (κ2) is 14.7. The molecule has 0 aromatic carbocycles. The van der Waals surface area contributed by atoms with Gasteiger partial charge in [0.15, 0.2) is 16.7 Å². The number of thioether (sulfide) groups is 1. The van der Waals surface area contributed by atoms with Crippen molar-refractivity contribution < 1.29 is 14.3 Å². The minimum Gasteiger partial charge on any atom is -0.493 e. The smallest absolute Gasteiger partial charge is 0.321 e. The van der Waals surface area contributed by atoms with Crippen LogP contribution in [-0.2, 0) is 9.47 Å². The number of nitrogens with two attached hydrogens (primary N) is 1. The van der Waals surface area contributed by atoms with Gasteiger partial charge in [0.05, 0.1) is 30.7 Å². The number of carbonyl (C=O) groups excluding carboxylic acids is 1. The largest absolute Gasteiger partial charge is 0.493 e. The van der Waals surface area contributed by atoms with Crippen molar-refractivity contribution in [3.63, 3.8) is 0 Å². The second-order valence-corrected chi connectivity index (χ2v) is 12.5. The third-order valence-corrected chi connectivity index (χ3v) is 9.04. The van der Waals surface area contributed by atoms with Crippen LogP contribution in [0.5, 0.6) is 0 Å². The molecule has 230 valence electrons. The van der Waals surface area contributed by atoms with Crippen molar-refractivity contribution in [2.45, 2.75) is 56.4 Å². The average Bonchev–Trinajstić information content (AvgIpc) is 3.65. The van der Waals surface area contributed by atoms with E-state index in [2.05, 4.69) is 62.6 Å². The summed E-state index contributed by atoms with van der Waals surface area (Å²) in [5.41, 5.74) is 8.72. The molecule has 43 heavy (non-hydrogen) atoms. The normalized spacial score (nSPS) is 28.7. The highest BCUT2D eigenvalue weighted by Crippen LogP contribution is 2.32. The average molecular weight is 606 g/mol. The quantitative estimate of drug-likeness (QED) is 0.217. The maximum absolute atomic E-state index is 12.6. The molecule has 5 rings (SSSR count). The number of methoxy groups -OCH3 is 1. The van der Waals surface area contributed by atoms with Gasteiger partial charge in [-0.25, -0.2) is 4.79 Å². The first-order valence-electron chi connectivity index (χ1n) is 15.1. The van der Waals surface area contributed by atoms with Crippen LogP contribution in [0.1, 0.15) is 39.0 Å². The number of carbonyl (C=O) groups is 1. The van der Waals surface area contributed by atoms with Crippen molar-refractivity contribution in [3.05, 3.63) is 83.9 Å². The van der Waals surface area contributed by atoms with E-state index >= 15 is 0 Å². The molecule has 5 aliphatic rings. The molecule has 2 aliphatic heterocycles. The van der Waals surface area contributed by atoms with Crippen LogP contribution in [-0.4, -0.2) is 72.5 Å². The molecule has 2 heterocycles.